The van der Waals surface area contributed by atoms with E-state index in [1.165, 1.54) is 225 Å². The van der Waals surface area contributed by atoms with E-state index >= 15 is 0 Å². The Morgan fingerprint density at radius 1 is 0.450 bits per heavy atom. The lowest BCUT2D eigenvalue weighted by molar-refractivity contribution is -0.143. The number of ether oxygens (including phenoxy) is 1. The number of aliphatic hydroxyl groups is 2. The van der Waals surface area contributed by atoms with Crippen LogP contribution in [0.5, 0.6) is 0 Å². The molecule has 0 aromatic rings. The Morgan fingerprint density at radius 3 is 1.18 bits per heavy atom. The second kappa shape index (κ2) is 50.2. The van der Waals surface area contributed by atoms with E-state index in [4.69, 9.17) is 4.74 Å². The van der Waals surface area contributed by atoms with Gasteiger partial charge < -0.3 is 20.3 Å². The molecule has 0 heterocycles. The molecule has 0 radical (unpaired) electrons. The Balaban J connectivity index is 3.41. The number of aliphatic hydroxyl groups excluding tert-OH is 2. The van der Waals surface area contributed by atoms with E-state index in [2.05, 4.69) is 31.3 Å². The molecule has 0 saturated heterocycles. The van der Waals surface area contributed by atoms with Crippen molar-refractivity contribution in [2.24, 2.45) is 0 Å². The van der Waals surface area contributed by atoms with E-state index in [0.717, 1.165) is 38.5 Å². The lowest BCUT2D eigenvalue weighted by Gasteiger charge is -2.22. The molecule has 6 heteroatoms. The number of nitrogens with one attached hydrogen (secondary N) is 1. The molecule has 1 amide bonds. The summed E-state index contributed by atoms with van der Waals surface area (Å²) in [5.74, 6) is -0.0371. The van der Waals surface area contributed by atoms with E-state index in [0.29, 0.717) is 25.9 Å². The number of hydrogen-bond donors (Lipinski definition) is 3. The number of carbonyl (C=O) groups is 2. The third-order valence-electron chi connectivity index (χ3n) is 12.6. The topological polar surface area (TPSA) is 95.9 Å². The summed E-state index contributed by atoms with van der Waals surface area (Å²) in [6, 6.07) is -0.545. The molecule has 60 heavy (non-hydrogen) atoms. The first kappa shape index (κ1) is 58.6. The van der Waals surface area contributed by atoms with Crippen LogP contribution in [0, 0.1) is 0 Å². The molecule has 0 bridgehead atoms. The van der Waals surface area contributed by atoms with E-state index in [1.54, 1.807) is 0 Å². The number of unbranched alkanes of at least 4 members (excludes halogenated alkanes) is 37. The van der Waals surface area contributed by atoms with Gasteiger partial charge in [-0.05, 0) is 51.4 Å². The summed E-state index contributed by atoms with van der Waals surface area (Å²) in [6.45, 7) is 4.94. The zero-order valence-corrected chi connectivity index (χ0v) is 40.5. The monoisotopic (exact) mass is 848 g/mol. The molecule has 0 aliphatic rings. The van der Waals surface area contributed by atoms with Gasteiger partial charge in [0.25, 0.3) is 0 Å². The van der Waals surface area contributed by atoms with Crippen molar-refractivity contribution in [2.45, 2.75) is 309 Å². The minimum Gasteiger partial charge on any atom is -0.466 e. The Labute approximate surface area is 374 Å². The van der Waals surface area contributed by atoms with Crippen molar-refractivity contribution in [1.29, 1.82) is 0 Å². The number of allylic oxidation sites excluding steroid dienone is 2. The number of carbonyl (C=O) groups excluding carboxylic acids is 2. The van der Waals surface area contributed by atoms with Gasteiger partial charge in [0, 0.05) is 12.8 Å². The van der Waals surface area contributed by atoms with Crippen LogP contribution < -0.4 is 5.32 Å². The molecular formula is C54H105NO5. The summed E-state index contributed by atoms with van der Waals surface area (Å²) in [4.78, 5) is 24.4. The van der Waals surface area contributed by atoms with Gasteiger partial charge in [-0.3, -0.25) is 9.59 Å². The Hall–Kier alpha value is -1.40. The largest absolute Gasteiger partial charge is 0.466 e. The fraction of sp³-hybridized carbons (Fsp3) is 0.926. The molecule has 2 unspecified atom stereocenters. The van der Waals surface area contributed by atoms with Crippen LogP contribution in [-0.4, -0.2) is 47.4 Å². The van der Waals surface area contributed by atoms with Crippen LogP contribution >= 0.6 is 0 Å². The standard InChI is InChI=1S/C54H105NO5/c1-3-5-7-9-11-13-15-28-32-36-40-44-48-54(59)60-49-45-41-37-33-29-25-23-21-19-17-16-18-20-22-24-27-31-35-39-43-47-53(58)55-51(50-56)52(57)46-42-38-34-30-26-14-12-10-8-6-4-2/h16,18,51-52,56-57H,3-15,17,19-50H2,1-2H3,(H,55,58)/b18-16-. The first-order chi connectivity index (χ1) is 29.5. The fourth-order valence-corrected chi connectivity index (χ4v) is 8.40. The van der Waals surface area contributed by atoms with Crippen molar-refractivity contribution in [3.05, 3.63) is 12.2 Å². The third-order valence-corrected chi connectivity index (χ3v) is 12.6. The van der Waals surface area contributed by atoms with E-state index in [1.807, 2.05) is 0 Å². The third kappa shape index (κ3) is 46.1. The lowest BCUT2D eigenvalue weighted by atomic mass is 10.0. The highest BCUT2D eigenvalue weighted by Crippen LogP contribution is 2.16. The number of hydrogen-bond acceptors (Lipinski definition) is 5. The summed E-state index contributed by atoms with van der Waals surface area (Å²) in [5.41, 5.74) is 0. The van der Waals surface area contributed by atoms with Crippen molar-refractivity contribution in [1.82, 2.24) is 5.32 Å². The van der Waals surface area contributed by atoms with Crippen LogP contribution in [0.2, 0.25) is 0 Å². The molecule has 3 N–H and O–H groups in total. The van der Waals surface area contributed by atoms with Crippen LogP contribution in [0.25, 0.3) is 0 Å². The molecule has 356 valence electrons. The van der Waals surface area contributed by atoms with Gasteiger partial charge in [0.1, 0.15) is 0 Å². The summed E-state index contributed by atoms with van der Waals surface area (Å²) >= 11 is 0. The second-order valence-electron chi connectivity index (χ2n) is 18.6. The van der Waals surface area contributed by atoms with Crippen molar-refractivity contribution < 1.29 is 24.5 Å². The summed E-state index contributed by atoms with van der Waals surface area (Å²) in [7, 11) is 0. The molecule has 2 atom stereocenters. The smallest absolute Gasteiger partial charge is 0.305 e. The van der Waals surface area contributed by atoms with Gasteiger partial charge in [0.05, 0.1) is 25.4 Å². The minimum atomic E-state index is -0.667. The van der Waals surface area contributed by atoms with Gasteiger partial charge in [0.2, 0.25) is 5.91 Å². The summed E-state index contributed by atoms with van der Waals surface area (Å²) in [5, 5.41) is 23.1. The molecule has 6 nitrogen and oxygen atoms in total. The van der Waals surface area contributed by atoms with Crippen molar-refractivity contribution in [3.8, 4) is 0 Å². The van der Waals surface area contributed by atoms with Crippen LogP contribution in [0.4, 0.5) is 0 Å². The highest BCUT2D eigenvalue weighted by atomic mass is 16.5. The normalized spacial score (nSPS) is 12.7. The maximum absolute atomic E-state index is 12.4. The second-order valence-corrected chi connectivity index (χ2v) is 18.6. The summed E-state index contributed by atoms with van der Waals surface area (Å²) < 4.78 is 5.46. The van der Waals surface area contributed by atoms with Gasteiger partial charge in [-0.25, -0.2) is 0 Å². The molecule has 0 fully saturated rings. The molecule has 0 aliphatic heterocycles. The zero-order valence-electron chi connectivity index (χ0n) is 40.5. The van der Waals surface area contributed by atoms with Crippen LogP contribution in [0.15, 0.2) is 12.2 Å². The first-order valence-corrected chi connectivity index (χ1v) is 26.9. The van der Waals surface area contributed by atoms with Gasteiger partial charge in [-0.2, -0.15) is 0 Å². The maximum atomic E-state index is 12.4. The molecule has 0 spiro atoms. The van der Waals surface area contributed by atoms with Crippen LogP contribution in [-0.2, 0) is 14.3 Å². The maximum Gasteiger partial charge on any atom is 0.305 e. The SMILES string of the molecule is CCCCCCCCCCCCCCC(=O)OCCCCCCCCCCC/C=C\CCCCCCCCCC(=O)NC(CO)C(O)CCCCCCCCCCCCC. The number of rotatable bonds is 50. The average molecular weight is 848 g/mol. The molecule has 0 aromatic heterocycles. The fourth-order valence-electron chi connectivity index (χ4n) is 8.40. The zero-order chi connectivity index (χ0) is 43.7. The predicted octanol–water partition coefficient (Wildman–Crippen LogP) is 16.1. The molecular weight excluding hydrogens is 743 g/mol. The van der Waals surface area contributed by atoms with Gasteiger partial charge in [-0.1, -0.05) is 244 Å². The Kier molecular flexibility index (Phi) is 49.1. The van der Waals surface area contributed by atoms with Gasteiger partial charge in [-0.15, -0.1) is 0 Å². The van der Waals surface area contributed by atoms with Crippen molar-refractivity contribution in [3.63, 3.8) is 0 Å². The van der Waals surface area contributed by atoms with Gasteiger partial charge >= 0.3 is 5.97 Å². The molecule has 0 aromatic carbocycles. The van der Waals surface area contributed by atoms with Crippen molar-refractivity contribution >= 4 is 11.9 Å². The van der Waals surface area contributed by atoms with Crippen LogP contribution in [0.1, 0.15) is 296 Å². The Bertz CT molecular complexity index is 893. The van der Waals surface area contributed by atoms with E-state index in [9.17, 15) is 19.8 Å². The number of esters is 1. The first-order valence-electron chi connectivity index (χ1n) is 26.9. The highest BCUT2D eigenvalue weighted by Gasteiger charge is 2.20. The summed E-state index contributed by atoms with van der Waals surface area (Å²) in [6.07, 6.45) is 57.6. The molecule has 0 rings (SSSR count). The van der Waals surface area contributed by atoms with Gasteiger partial charge in [0.15, 0.2) is 0 Å². The lowest BCUT2D eigenvalue weighted by Crippen LogP contribution is -2.45. The predicted molar refractivity (Wildman–Crippen MR) is 260 cm³/mol. The molecule has 0 aliphatic carbocycles. The van der Waals surface area contributed by atoms with Crippen LogP contribution in [0.3, 0.4) is 0 Å². The molecule has 0 saturated carbocycles. The Morgan fingerprint density at radius 2 is 0.783 bits per heavy atom. The highest BCUT2D eigenvalue weighted by molar-refractivity contribution is 5.76. The minimum absolute atomic E-state index is 0.00697. The number of amides is 1. The van der Waals surface area contributed by atoms with E-state index in [-0.39, 0.29) is 18.5 Å². The average Bonchev–Trinajstić information content (AvgIpc) is 3.25. The van der Waals surface area contributed by atoms with E-state index < -0.39 is 12.1 Å². The van der Waals surface area contributed by atoms with Crippen molar-refractivity contribution in [2.75, 3.05) is 13.2 Å². The quantitative estimate of drug-likeness (QED) is 0.0322.